The highest BCUT2D eigenvalue weighted by molar-refractivity contribution is 6.13. The van der Waals surface area contributed by atoms with Gasteiger partial charge in [0.25, 0.3) is 0 Å². The van der Waals surface area contributed by atoms with Gasteiger partial charge in [-0.25, -0.2) is 0 Å². The number of fused-ring (bicyclic) bond motifs is 1. The second kappa shape index (κ2) is 7.31. The van der Waals surface area contributed by atoms with E-state index in [9.17, 15) is 4.79 Å². The summed E-state index contributed by atoms with van der Waals surface area (Å²) in [6.45, 7) is 4.35. The molecule has 1 fully saturated rings. The number of Topliss-reactive ketones (excluding diaryl/α,β-unsaturated/α-hetero) is 1. The third-order valence-corrected chi connectivity index (χ3v) is 5.63. The van der Waals surface area contributed by atoms with Crippen LogP contribution in [-0.2, 0) is 11.2 Å². The molecule has 1 aromatic carbocycles. The van der Waals surface area contributed by atoms with Crippen molar-refractivity contribution in [3.8, 4) is 0 Å². The number of aliphatic imine (C=N–C) groups is 1. The predicted octanol–water partition coefficient (Wildman–Crippen LogP) is 4.81. The Kier molecular flexibility index (Phi) is 5.31. The van der Waals surface area contributed by atoms with E-state index < -0.39 is 0 Å². The first-order valence-corrected chi connectivity index (χ1v) is 9.78. The molecule has 0 radical (unpaired) electrons. The van der Waals surface area contributed by atoms with E-state index in [-0.39, 0.29) is 11.5 Å². The lowest BCUT2D eigenvalue weighted by Gasteiger charge is -2.30. The van der Waals surface area contributed by atoms with Crippen molar-refractivity contribution in [2.75, 3.05) is 19.0 Å². The summed E-state index contributed by atoms with van der Waals surface area (Å²) >= 11 is 0. The molecule has 1 saturated carbocycles. The number of hydrogen-bond acceptors (Lipinski definition) is 3. The van der Waals surface area contributed by atoms with Crippen LogP contribution in [0.3, 0.4) is 0 Å². The molecule has 1 heterocycles. The molecule has 0 N–H and O–H groups in total. The Bertz CT molecular complexity index is 665. The van der Waals surface area contributed by atoms with E-state index >= 15 is 0 Å². The maximum absolute atomic E-state index is 13.0. The molecule has 25 heavy (non-hydrogen) atoms. The molecule has 136 valence electrons. The van der Waals surface area contributed by atoms with Crippen LogP contribution in [0.1, 0.15) is 69.9 Å². The molecular weight excluding hydrogens is 308 g/mol. The van der Waals surface area contributed by atoms with E-state index in [0.29, 0.717) is 12.2 Å². The minimum atomic E-state index is -0.119. The van der Waals surface area contributed by atoms with Crippen molar-refractivity contribution in [2.45, 2.75) is 70.8 Å². The van der Waals surface area contributed by atoms with E-state index in [1.54, 1.807) is 0 Å². The van der Waals surface area contributed by atoms with Gasteiger partial charge in [-0.3, -0.25) is 9.79 Å². The number of hydrogen-bond donors (Lipinski definition) is 0. The summed E-state index contributed by atoms with van der Waals surface area (Å²) in [7, 11) is 4.12. The number of benzene rings is 1. The van der Waals surface area contributed by atoms with Gasteiger partial charge in [0.05, 0.1) is 11.3 Å². The number of carbonyl (C=O) groups excluding carboxylic acids is 1. The van der Waals surface area contributed by atoms with Gasteiger partial charge in [-0.05, 0) is 50.8 Å². The summed E-state index contributed by atoms with van der Waals surface area (Å²) in [5, 5.41) is 0. The smallest absolute Gasteiger partial charge is 0.141 e. The van der Waals surface area contributed by atoms with Crippen molar-refractivity contribution in [1.82, 2.24) is 0 Å². The molecule has 0 spiro atoms. The summed E-state index contributed by atoms with van der Waals surface area (Å²) in [5.74, 6) is 0.648. The van der Waals surface area contributed by atoms with Gasteiger partial charge >= 0.3 is 0 Å². The number of ketones is 1. The summed E-state index contributed by atoms with van der Waals surface area (Å²) < 4.78 is 0. The average molecular weight is 341 g/mol. The molecule has 0 bridgehead atoms. The van der Waals surface area contributed by atoms with Gasteiger partial charge in [-0.1, -0.05) is 31.7 Å². The van der Waals surface area contributed by atoms with Gasteiger partial charge in [-0.15, -0.1) is 0 Å². The van der Waals surface area contributed by atoms with Crippen molar-refractivity contribution < 1.29 is 4.79 Å². The highest BCUT2D eigenvalue weighted by atomic mass is 16.1. The molecule has 1 aliphatic heterocycles. The summed E-state index contributed by atoms with van der Waals surface area (Å²) in [6, 6.07) is 6.60. The van der Waals surface area contributed by atoms with Crippen LogP contribution in [0.15, 0.2) is 23.2 Å². The molecule has 1 aromatic rings. The monoisotopic (exact) mass is 340 g/mol. The second-order valence-electron chi connectivity index (χ2n) is 8.62. The minimum Gasteiger partial charge on any atom is -0.378 e. The fourth-order valence-electron chi connectivity index (χ4n) is 4.24. The lowest BCUT2D eigenvalue weighted by Crippen LogP contribution is -2.31. The highest BCUT2D eigenvalue weighted by Crippen LogP contribution is 2.32. The van der Waals surface area contributed by atoms with Crippen molar-refractivity contribution in [3.63, 3.8) is 0 Å². The van der Waals surface area contributed by atoms with Gasteiger partial charge in [0.15, 0.2) is 0 Å². The van der Waals surface area contributed by atoms with Crippen LogP contribution in [0.5, 0.6) is 0 Å². The SMILES string of the molecule is CN(C)c1ccc2c(c1)C(CC(=O)C1CCCCCC1)=NC(C)(C)C2. The Balaban J connectivity index is 1.87. The number of carbonyl (C=O) groups is 1. The van der Waals surface area contributed by atoms with Crippen molar-refractivity contribution in [3.05, 3.63) is 29.3 Å². The first-order valence-electron chi connectivity index (χ1n) is 9.78. The van der Waals surface area contributed by atoms with Crippen LogP contribution in [0, 0.1) is 5.92 Å². The molecule has 0 aromatic heterocycles. The molecular formula is C22H32N2O. The second-order valence-corrected chi connectivity index (χ2v) is 8.62. The minimum absolute atomic E-state index is 0.119. The molecule has 0 amide bonds. The zero-order valence-electron chi connectivity index (χ0n) is 16.3. The third kappa shape index (κ3) is 4.31. The van der Waals surface area contributed by atoms with E-state index in [4.69, 9.17) is 4.99 Å². The number of rotatable bonds is 4. The van der Waals surface area contributed by atoms with Crippen LogP contribution < -0.4 is 4.90 Å². The summed E-state index contributed by atoms with van der Waals surface area (Å²) in [5.41, 5.74) is 4.57. The van der Waals surface area contributed by atoms with Crippen molar-refractivity contribution in [2.24, 2.45) is 10.9 Å². The van der Waals surface area contributed by atoms with E-state index in [1.165, 1.54) is 42.5 Å². The molecule has 0 unspecified atom stereocenters. The Morgan fingerprint density at radius 1 is 1.16 bits per heavy atom. The van der Waals surface area contributed by atoms with Crippen LogP contribution in [0.4, 0.5) is 5.69 Å². The third-order valence-electron chi connectivity index (χ3n) is 5.63. The molecule has 0 atom stereocenters. The average Bonchev–Trinajstić information content (AvgIpc) is 2.82. The van der Waals surface area contributed by atoms with E-state index in [2.05, 4.69) is 51.0 Å². The maximum atomic E-state index is 13.0. The lowest BCUT2D eigenvalue weighted by atomic mass is 9.83. The van der Waals surface area contributed by atoms with Crippen molar-refractivity contribution >= 4 is 17.2 Å². The largest absolute Gasteiger partial charge is 0.378 e. The summed E-state index contributed by atoms with van der Waals surface area (Å²) in [4.78, 5) is 20.1. The maximum Gasteiger partial charge on any atom is 0.141 e. The van der Waals surface area contributed by atoms with Crippen LogP contribution >= 0.6 is 0 Å². The van der Waals surface area contributed by atoms with Gasteiger partial charge in [-0.2, -0.15) is 0 Å². The Morgan fingerprint density at radius 2 is 1.84 bits per heavy atom. The topological polar surface area (TPSA) is 32.7 Å². The van der Waals surface area contributed by atoms with Crippen LogP contribution in [-0.4, -0.2) is 31.1 Å². The first-order chi connectivity index (χ1) is 11.9. The van der Waals surface area contributed by atoms with Gasteiger partial charge in [0.1, 0.15) is 5.78 Å². The van der Waals surface area contributed by atoms with Gasteiger partial charge in [0.2, 0.25) is 0 Å². The van der Waals surface area contributed by atoms with E-state index in [0.717, 1.165) is 25.0 Å². The zero-order valence-corrected chi connectivity index (χ0v) is 16.3. The van der Waals surface area contributed by atoms with Gasteiger partial charge < -0.3 is 4.90 Å². The van der Waals surface area contributed by atoms with Gasteiger partial charge in [0, 0.05) is 37.7 Å². The van der Waals surface area contributed by atoms with E-state index in [1.807, 2.05) is 0 Å². The predicted molar refractivity (Wildman–Crippen MR) is 106 cm³/mol. The molecule has 3 rings (SSSR count). The number of nitrogens with zero attached hydrogens (tertiary/aromatic N) is 2. The quantitative estimate of drug-likeness (QED) is 0.737. The molecule has 3 nitrogen and oxygen atoms in total. The molecule has 3 heteroatoms. The first kappa shape index (κ1) is 18.2. The molecule has 2 aliphatic rings. The van der Waals surface area contributed by atoms with Crippen molar-refractivity contribution in [1.29, 1.82) is 0 Å². The lowest BCUT2D eigenvalue weighted by molar-refractivity contribution is -0.122. The number of anilines is 1. The Morgan fingerprint density at radius 3 is 2.48 bits per heavy atom. The Hall–Kier alpha value is -1.64. The highest BCUT2D eigenvalue weighted by Gasteiger charge is 2.29. The fraction of sp³-hybridized carbons (Fsp3) is 0.636. The normalized spacial score (nSPS) is 20.4. The van der Waals surface area contributed by atoms with Crippen LogP contribution in [0.2, 0.25) is 0 Å². The zero-order chi connectivity index (χ0) is 18.0. The molecule has 0 saturated heterocycles. The standard InChI is InChI=1S/C22H32N2O/c1-22(2)15-17-11-12-18(24(3)4)13-19(17)20(23-22)14-21(25)16-9-7-5-6-8-10-16/h11-13,16H,5-10,14-15H2,1-4H3. The Labute approximate surface area is 152 Å². The van der Waals surface area contributed by atoms with Crippen LogP contribution in [0.25, 0.3) is 0 Å². The summed E-state index contributed by atoms with van der Waals surface area (Å²) in [6.07, 6.45) is 8.56. The molecule has 1 aliphatic carbocycles. The fourth-order valence-corrected chi connectivity index (χ4v) is 4.24.